The van der Waals surface area contributed by atoms with Crippen molar-refractivity contribution in [3.05, 3.63) is 29.6 Å². The molecule has 3 unspecified atom stereocenters. The van der Waals surface area contributed by atoms with Gasteiger partial charge in [-0.15, -0.1) is 0 Å². The lowest BCUT2D eigenvalue weighted by Gasteiger charge is -2.47. The second-order valence-corrected chi connectivity index (χ2v) is 6.54. The van der Waals surface area contributed by atoms with Gasteiger partial charge in [0.05, 0.1) is 6.10 Å². The van der Waals surface area contributed by atoms with Crippen molar-refractivity contribution >= 4 is 0 Å². The minimum atomic E-state index is -0.614. The predicted octanol–water partition coefficient (Wildman–Crippen LogP) is 3.84. The molecule has 1 N–H and O–H groups in total. The van der Waals surface area contributed by atoms with Crippen LogP contribution < -0.4 is 4.74 Å². The molecule has 3 atom stereocenters. The first-order valence-corrected chi connectivity index (χ1v) is 7.14. The van der Waals surface area contributed by atoms with Crippen molar-refractivity contribution in [1.82, 2.24) is 0 Å². The Labute approximate surface area is 113 Å². The number of benzene rings is 1. The fourth-order valence-electron chi connectivity index (χ4n) is 4.07. The average Bonchev–Trinajstić information content (AvgIpc) is 2.28. The van der Waals surface area contributed by atoms with E-state index in [4.69, 9.17) is 4.74 Å². The molecule has 1 aliphatic heterocycles. The van der Waals surface area contributed by atoms with Crippen LogP contribution in [0.1, 0.15) is 51.2 Å². The largest absolute Gasteiger partial charge is 0.487 e. The van der Waals surface area contributed by atoms with Crippen LogP contribution in [0.5, 0.6) is 5.75 Å². The fraction of sp³-hybridized carbons (Fsp3) is 0.625. The molecule has 2 nitrogen and oxygen atoms in total. The SMILES string of the molecule is CC1CC(C)CC2(C1)CC(O)c1cc(F)ccc1O2. The molecule has 0 saturated heterocycles. The zero-order valence-corrected chi connectivity index (χ0v) is 11.5. The summed E-state index contributed by atoms with van der Waals surface area (Å²) in [4.78, 5) is 0. The molecule has 0 radical (unpaired) electrons. The molecular formula is C16H21FO2. The molecule has 1 spiro atoms. The Balaban J connectivity index is 1.94. The Morgan fingerprint density at radius 3 is 2.58 bits per heavy atom. The molecule has 0 amide bonds. The molecule has 1 aliphatic carbocycles. The topological polar surface area (TPSA) is 29.5 Å². The lowest BCUT2D eigenvalue weighted by Crippen LogP contribution is -2.46. The molecule has 2 aliphatic rings. The molecule has 1 aromatic rings. The van der Waals surface area contributed by atoms with E-state index >= 15 is 0 Å². The minimum Gasteiger partial charge on any atom is -0.487 e. The van der Waals surface area contributed by atoms with E-state index < -0.39 is 6.10 Å². The van der Waals surface area contributed by atoms with E-state index in [0.29, 0.717) is 29.6 Å². The highest BCUT2D eigenvalue weighted by Crippen LogP contribution is 2.48. The van der Waals surface area contributed by atoms with Gasteiger partial charge in [-0.1, -0.05) is 13.8 Å². The van der Waals surface area contributed by atoms with E-state index in [1.807, 2.05) is 0 Å². The van der Waals surface area contributed by atoms with E-state index in [0.717, 1.165) is 12.8 Å². The van der Waals surface area contributed by atoms with Crippen molar-refractivity contribution in [2.24, 2.45) is 11.8 Å². The van der Waals surface area contributed by atoms with Crippen LogP contribution >= 0.6 is 0 Å². The summed E-state index contributed by atoms with van der Waals surface area (Å²) in [6.07, 6.45) is 3.14. The number of hydrogen-bond acceptors (Lipinski definition) is 2. The van der Waals surface area contributed by atoms with Crippen molar-refractivity contribution in [1.29, 1.82) is 0 Å². The summed E-state index contributed by atoms with van der Waals surface area (Å²) >= 11 is 0. The van der Waals surface area contributed by atoms with Crippen molar-refractivity contribution in [3.63, 3.8) is 0 Å². The first-order chi connectivity index (χ1) is 8.97. The number of fused-ring (bicyclic) bond motifs is 1. The van der Waals surface area contributed by atoms with Crippen LogP contribution in [0.4, 0.5) is 4.39 Å². The summed E-state index contributed by atoms with van der Waals surface area (Å²) in [5, 5.41) is 10.3. The highest BCUT2D eigenvalue weighted by atomic mass is 19.1. The first kappa shape index (κ1) is 12.9. The summed E-state index contributed by atoms with van der Waals surface area (Å²) in [5.41, 5.74) is 0.331. The first-order valence-electron chi connectivity index (χ1n) is 7.14. The van der Waals surface area contributed by atoms with Crippen LogP contribution in [0.2, 0.25) is 0 Å². The maximum Gasteiger partial charge on any atom is 0.126 e. The Morgan fingerprint density at radius 2 is 1.89 bits per heavy atom. The van der Waals surface area contributed by atoms with E-state index in [1.165, 1.54) is 18.6 Å². The van der Waals surface area contributed by atoms with Crippen LogP contribution in [-0.2, 0) is 0 Å². The van der Waals surface area contributed by atoms with Crippen molar-refractivity contribution < 1.29 is 14.2 Å². The summed E-state index contributed by atoms with van der Waals surface area (Å²) in [5.74, 6) is 1.56. The van der Waals surface area contributed by atoms with Gasteiger partial charge >= 0.3 is 0 Å². The lowest BCUT2D eigenvalue weighted by molar-refractivity contribution is -0.0625. The number of ether oxygens (including phenoxy) is 1. The van der Waals surface area contributed by atoms with Gasteiger partial charge in [-0.2, -0.15) is 0 Å². The normalized spacial score (nSPS) is 37.8. The molecule has 1 saturated carbocycles. The highest BCUT2D eigenvalue weighted by Gasteiger charge is 2.45. The van der Waals surface area contributed by atoms with E-state index in [9.17, 15) is 9.50 Å². The number of halogens is 1. The lowest BCUT2D eigenvalue weighted by atomic mass is 9.70. The third-order valence-corrected chi connectivity index (χ3v) is 4.47. The van der Waals surface area contributed by atoms with Crippen molar-refractivity contribution in [3.8, 4) is 5.75 Å². The summed E-state index contributed by atoms with van der Waals surface area (Å²) in [6, 6.07) is 4.45. The van der Waals surface area contributed by atoms with Gasteiger partial charge in [0, 0.05) is 12.0 Å². The molecule has 1 heterocycles. The maximum atomic E-state index is 13.3. The summed E-state index contributed by atoms with van der Waals surface area (Å²) < 4.78 is 19.5. The molecule has 3 rings (SSSR count). The van der Waals surface area contributed by atoms with Gasteiger partial charge in [-0.25, -0.2) is 4.39 Å². The maximum absolute atomic E-state index is 13.3. The van der Waals surface area contributed by atoms with E-state index in [2.05, 4.69) is 13.8 Å². The third-order valence-electron chi connectivity index (χ3n) is 4.47. The number of rotatable bonds is 0. The Bertz CT molecular complexity index is 476. The van der Waals surface area contributed by atoms with Crippen LogP contribution in [0.3, 0.4) is 0 Å². The van der Waals surface area contributed by atoms with E-state index in [1.54, 1.807) is 6.07 Å². The van der Waals surface area contributed by atoms with Crippen LogP contribution in [-0.4, -0.2) is 10.7 Å². The molecule has 0 bridgehead atoms. The van der Waals surface area contributed by atoms with Crippen molar-refractivity contribution in [2.75, 3.05) is 0 Å². The van der Waals surface area contributed by atoms with Gasteiger partial charge in [0.1, 0.15) is 17.2 Å². The Kier molecular flexibility index (Phi) is 3.05. The highest BCUT2D eigenvalue weighted by molar-refractivity contribution is 5.38. The fourth-order valence-corrected chi connectivity index (χ4v) is 4.07. The molecule has 0 aromatic heterocycles. The van der Waals surface area contributed by atoms with Crippen LogP contribution in [0.25, 0.3) is 0 Å². The number of hydrogen-bond donors (Lipinski definition) is 1. The average molecular weight is 264 g/mol. The standard InChI is InChI=1S/C16H21FO2/c1-10-5-11(2)8-16(7-10)9-14(18)13-6-12(17)3-4-15(13)19-16/h3-4,6,10-11,14,18H,5,7-9H2,1-2H3. The second kappa shape index (κ2) is 4.48. The second-order valence-electron chi connectivity index (χ2n) is 6.54. The molecular weight excluding hydrogens is 243 g/mol. The molecule has 1 fully saturated rings. The van der Waals surface area contributed by atoms with E-state index in [-0.39, 0.29) is 11.4 Å². The molecule has 104 valence electrons. The van der Waals surface area contributed by atoms with Gasteiger partial charge in [0.2, 0.25) is 0 Å². The molecule has 3 heteroatoms. The molecule has 1 aromatic carbocycles. The minimum absolute atomic E-state index is 0.263. The number of aliphatic hydroxyl groups excluding tert-OH is 1. The zero-order chi connectivity index (χ0) is 13.6. The summed E-state index contributed by atoms with van der Waals surface area (Å²) in [7, 11) is 0. The molecule has 19 heavy (non-hydrogen) atoms. The van der Waals surface area contributed by atoms with Crippen LogP contribution in [0.15, 0.2) is 18.2 Å². The van der Waals surface area contributed by atoms with Gasteiger partial charge in [-0.3, -0.25) is 0 Å². The third kappa shape index (κ3) is 2.36. The smallest absolute Gasteiger partial charge is 0.126 e. The van der Waals surface area contributed by atoms with Gasteiger partial charge in [0.25, 0.3) is 0 Å². The van der Waals surface area contributed by atoms with Crippen molar-refractivity contribution in [2.45, 2.75) is 51.2 Å². The predicted molar refractivity (Wildman–Crippen MR) is 71.5 cm³/mol. The monoisotopic (exact) mass is 264 g/mol. The Morgan fingerprint density at radius 1 is 1.21 bits per heavy atom. The summed E-state index contributed by atoms with van der Waals surface area (Å²) in [6.45, 7) is 4.49. The van der Waals surface area contributed by atoms with Gasteiger partial charge in [0.15, 0.2) is 0 Å². The van der Waals surface area contributed by atoms with Gasteiger partial charge in [-0.05, 0) is 49.3 Å². The quantitative estimate of drug-likeness (QED) is 0.771. The zero-order valence-electron chi connectivity index (χ0n) is 11.5. The Hall–Kier alpha value is -1.09. The number of aliphatic hydroxyl groups is 1. The van der Waals surface area contributed by atoms with Crippen LogP contribution in [0, 0.1) is 17.7 Å². The van der Waals surface area contributed by atoms with Gasteiger partial charge < -0.3 is 9.84 Å².